The molecule has 0 aromatic rings. The van der Waals surface area contributed by atoms with E-state index in [1.807, 2.05) is 20.8 Å². The minimum atomic E-state index is -0.730. The van der Waals surface area contributed by atoms with Crippen LogP contribution in [0.3, 0.4) is 0 Å². The Hall–Kier alpha value is -0.610. The van der Waals surface area contributed by atoms with Crippen molar-refractivity contribution >= 4 is 5.91 Å². The van der Waals surface area contributed by atoms with E-state index in [1.54, 1.807) is 14.0 Å². The molecule has 0 radical (unpaired) electrons. The lowest BCUT2D eigenvalue weighted by Gasteiger charge is -2.27. The summed E-state index contributed by atoms with van der Waals surface area (Å²) >= 11 is 0. The fourth-order valence-corrected chi connectivity index (χ4v) is 1.39. The molecule has 4 nitrogen and oxygen atoms in total. The number of carbonyl (C=O) groups is 1. The maximum absolute atomic E-state index is 11.8. The van der Waals surface area contributed by atoms with Gasteiger partial charge in [0.25, 0.3) is 5.91 Å². The molecule has 0 fully saturated rings. The van der Waals surface area contributed by atoms with Crippen molar-refractivity contribution in [2.75, 3.05) is 7.11 Å². The molecule has 0 aliphatic rings. The first kappa shape index (κ1) is 14.4. The van der Waals surface area contributed by atoms with Gasteiger partial charge in [0.1, 0.15) is 5.60 Å². The third kappa shape index (κ3) is 4.62. The number of nitrogens with two attached hydrogens (primary N) is 1. The van der Waals surface area contributed by atoms with Crippen LogP contribution in [0.2, 0.25) is 0 Å². The maximum Gasteiger partial charge on any atom is 0.252 e. The lowest BCUT2D eigenvalue weighted by molar-refractivity contribution is -0.142. The summed E-state index contributed by atoms with van der Waals surface area (Å²) in [6, 6.07) is 0.175. The van der Waals surface area contributed by atoms with Crippen LogP contribution in [0.5, 0.6) is 0 Å². The van der Waals surface area contributed by atoms with Crippen molar-refractivity contribution in [3.8, 4) is 0 Å². The van der Waals surface area contributed by atoms with Crippen molar-refractivity contribution in [3.05, 3.63) is 0 Å². The number of nitrogens with one attached hydrogen (secondary N) is 1. The molecular formula is C11H24N2O2. The van der Waals surface area contributed by atoms with E-state index in [-0.39, 0.29) is 18.0 Å². The third-order valence-electron chi connectivity index (χ3n) is 2.71. The van der Waals surface area contributed by atoms with Gasteiger partial charge in [0.05, 0.1) is 0 Å². The first-order valence-electron chi connectivity index (χ1n) is 5.47. The highest BCUT2D eigenvalue weighted by Crippen LogP contribution is 2.14. The van der Waals surface area contributed by atoms with Crippen molar-refractivity contribution in [3.63, 3.8) is 0 Å². The fraction of sp³-hybridized carbons (Fsp3) is 0.909. The van der Waals surface area contributed by atoms with Crippen LogP contribution in [0.1, 0.15) is 40.5 Å². The van der Waals surface area contributed by atoms with Gasteiger partial charge in [0.2, 0.25) is 0 Å². The van der Waals surface area contributed by atoms with Crippen LogP contribution in [-0.2, 0) is 9.53 Å². The molecule has 15 heavy (non-hydrogen) atoms. The summed E-state index contributed by atoms with van der Waals surface area (Å²) in [5.41, 5.74) is 4.93. The van der Waals surface area contributed by atoms with E-state index < -0.39 is 5.60 Å². The molecule has 0 aromatic carbocycles. The molecule has 3 N–H and O–H groups in total. The Kier molecular flexibility index (Phi) is 5.83. The average Bonchev–Trinajstić information content (AvgIpc) is 2.15. The molecular weight excluding hydrogens is 192 g/mol. The molecule has 0 aliphatic heterocycles. The third-order valence-corrected chi connectivity index (χ3v) is 2.71. The van der Waals surface area contributed by atoms with Gasteiger partial charge in [0, 0.05) is 19.2 Å². The van der Waals surface area contributed by atoms with Gasteiger partial charge in [0.15, 0.2) is 0 Å². The van der Waals surface area contributed by atoms with Crippen LogP contribution in [0, 0.1) is 0 Å². The highest BCUT2D eigenvalue weighted by Gasteiger charge is 2.31. The van der Waals surface area contributed by atoms with E-state index in [4.69, 9.17) is 10.5 Å². The molecule has 1 amide bonds. The number of amides is 1. The number of hydrogen-bond acceptors (Lipinski definition) is 3. The first-order valence-corrected chi connectivity index (χ1v) is 5.47. The van der Waals surface area contributed by atoms with E-state index in [2.05, 4.69) is 5.32 Å². The quantitative estimate of drug-likeness (QED) is 0.697. The van der Waals surface area contributed by atoms with Gasteiger partial charge in [-0.2, -0.15) is 0 Å². The van der Waals surface area contributed by atoms with Crippen molar-refractivity contribution < 1.29 is 9.53 Å². The summed E-state index contributed by atoms with van der Waals surface area (Å²) in [5.74, 6) is -0.0688. The Labute approximate surface area is 92.6 Å². The van der Waals surface area contributed by atoms with Crippen LogP contribution < -0.4 is 11.1 Å². The SMILES string of the molecule is CCC(C)(OC)C(=O)NC(C)CC(C)N. The normalized spacial score (nSPS) is 19.1. The minimum absolute atomic E-state index is 0.0688. The zero-order valence-corrected chi connectivity index (χ0v) is 10.5. The summed E-state index contributed by atoms with van der Waals surface area (Å²) in [6.45, 7) is 7.60. The standard InChI is InChI=1S/C11H24N2O2/c1-6-11(4,15-5)10(14)13-9(3)7-8(2)12/h8-9H,6-7,12H2,1-5H3,(H,13,14). The molecule has 90 valence electrons. The monoisotopic (exact) mass is 216 g/mol. The predicted octanol–water partition coefficient (Wildman–Crippen LogP) is 1.04. The van der Waals surface area contributed by atoms with Gasteiger partial charge in [-0.3, -0.25) is 4.79 Å². The molecule has 0 rings (SSSR count). The largest absolute Gasteiger partial charge is 0.369 e. The van der Waals surface area contributed by atoms with E-state index in [0.29, 0.717) is 6.42 Å². The van der Waals surface area contributed by atoms with Crippen LogP contribution >= 0.6 is 0 Å². The van der Waals surface area contributed by atoms with Gasteiger partial charge in [-0.25, -0.2) is 0 Å². The van der Waals surface area contributed by atoms with E-state index in [9.17, 15) is 4.79 Å². The Balaban J connectivity index is 4.23. The van der Waals surface area contributed by atoms with Crippen LogP contribution in [0.4, 0.5) is 0 Å². The molecule has 0 saturated heterocycles. The second kappa shape index (κ2) is 6.08. The van der Waals surface area contributed by atoms with E-state index in [0.717, 1.165) is 6.42 Å². The summed E-state index contributed by atoms with van der Waals surface area (Å²) in [5, 5.41) is 2.91. The molecule has 0 aliphatic carbocycles. The van der Waals surface area contributed by atoms with E-state index >= 15 is 0 Å². The second-order valence-corrected chi connectivity index (χ2v) is 4.38. The number of ether oxygens (including phenoxy) is 1. The zero-order chi connectivity index (χ0) is 12.1. The molecule has 0 saturated carbocycles. The maximum atomic E-state index is 11.8. The molecule has 0 aromatic heterocycles. The first-order chi connectivity index (χ1) is 6.85. The molecule has 0 heterocycles. The van der Waals surface area contributed by atoms with Gasteiger partial charge < -0.3 is 15.8 Å². The Morgan fingerprint density at radius 3 is 2.40 bits per heavy atom. The number of hydrogen-bond donors (Lipinski definition) is 2. The highest BCUT2D eigenvalue weighted by atomic mass is 16.5. The summed E-state index contributed by atoms with van der Waals surface area (Å²) in [4.78, 5) is 11.8. The molecule has 3 atom stereocenters. The predicted molar refractivity (Wildman–Crippen MR) is 61.6 cm³/mol. The topological polar surface area (TPSA) is 64.3 Å². The zero-order valence-electron chi connectivity index (χ0n) is 10.5. The van der Waals surface area contributed by atoms with Crippen LogP contribution in [0.15, 0.2) is 0 Å². The molecule has 4 heteroatoms. The van der Waals surface area contributed by atoms with Gasteiger partial charge in [-0.05, 0) is 33.6 Å². The number of methoxy groups -OCH3 is 1. The van der Waals surface area contributed by atoms with Crippen molar-refractivity contribution in [1.82, 2.24) is 5.32 Å². The van der Waals surface area contributed by atoms with Crippen molar-refractivity contribution in [1.29, 1.82) is 0 Å². The van der Waals surface area contributed by atoms with Crippen LogP contribution in [-0.4, -0.2) is 30.7 Å². The lowest BCUT2D eigenvalue weighted by atomic mass is 10.0. The average molecular weight is 216 g/mol. The summed E-state index contributed by atoms with van der Waals surface area (Å²) < 4.78 is 5.21. The van der Waals surface area contributed by atoms with Gasteiger partial charge >= 0.3 is 0 Å². The number of carbonyl (C=O) groups excluding carboxylic acids is 1. The number of rotatable bonds is 6. The Morgan fingerprint density at radius 2 is 2.07 bits per heavy atom. The lowest BCUT2D eigenvalue weighted by Crippen LogP contribution is -2.49. The van der Waals surface area contributed by atoms with Crippen LogP contribution in [0.25, 0.3) is 0 Å². The molecule has 3 unspecified atom stereocenters. The smallest absolute Gasteiger partial charge is 0.252 e. The highest BCUT2D eigenvalue weighted by molar-refractivity contribution is 5.84. The Morgan fingerprint density at radius 1 is 1.53 bits per heavy atom. The van der Waals surface area contributed by atoms with Crippen molar-refractivity contribution in [2.45, 2.75) is 58.2 Å². The minimum Gasteiger partial charge on any atom is -0.369 e. The fourth-order valence-electron chi connectivity index (χ4n) is 1.39. The molecule has 0 bridgehead atoms. The van der Waals surface area contributed by atoms with Crippen molar-refractivity contribution in [2.24, 2.45) is 5.73 Å². The van der Waals surface area contributed by atoms with Gasteiger partial charge in [-0.15, -0.1) is 0 Å². The molecule has 0 spiro atoms. The van der Waals surface area contributed by atoms with Gasteiger partial charge in [-0.1, -0.05) is 6.92 Å². The van der Waals surface area contributed by atoms with E-state index in [1.165, 1.54) is 0 Å². The summed E-state index contributed by atoms with van der Waals surface area (Å²) in [6.07, 6.45) is 1.43. The second-order valence-electron chi connectivity index (χ2n) is 4.38. The summed E-state index contributed by atoms with van der Waals surface area (Å²) in [7, 11) is 1.55. The Bertz CT molecular complexity index is 201.